The summed E-state index contributed by atoms with van der Waals surface area (Å²) in [4.78, 5) is 26.7. The van der Waals surface area contributed by atoms with Gasteiger partial charge in [-0.2, -0.15) is 0 Å². The van der Waals surface area contributed by atoms with Gasteiger partial charge in [0.05, 0.1) is 10.6 Å². The van der Waals surface area contributed by atoms with Crippen molar-refractivity contribution in [3.05, 3.63) is 75.7 Å². The van der Waals surface area contributed by atoms with Crippen molar-refractivity contribution in [2.75, 3.05) is 6.54 Å². The zero-order valence-corrected chi connectivity index (χ0v) is 13.1. The van der Waals surface area contributed by atoms with Crippen molar-refractivity contribution >= 4 is 17.2 Å². The summed E-state index contributed by atoms with van der Waals surface area (Å²) in [5.41, 5.74) is 3.26. The first-order valence-corrected chi connectivity index (χ1v) is 7.50. The molecule has 0 aliphatic rings. The maximum atomic E-state index is 12.0. The second-order valence-corrected chi connectivity index (χ2v) is 5.46. The average Bonchev–Trinajstić information content (AvgIpc) is 2.99. The van der Waals surface area contributed by atoms with Gasteiger partial charge in [0, 0.05) is 43.1 Å². The number of carbonyl (C=O) groups is 1. The van der Waals surface area contributed by atoms with Gasteiger partial charge in [-0.05, 0) is 30.7 Å². The second-order valence-electron chi connectivity index (χ2n) is 5.46. The number of benzene rings is 1. The lowest BCUT2D eigenvalue weighted by molar-refractivity contribution is -0.384. The number of pyridine rings is 1. The Labute approximate surface area is 138 Å². The van der Waals surface area contributed by atoms with Crippen molar-refractivity contribution in [3.8, 4) is 0 Å². The number of hydrogen-bond donors (Lipinski definition) is 1. The first-order valence-electron chi connectivity index (χ1n) is 7.50. The molecule has 2 heterocycles. The fourth-order valence-corrected chi connectivity index (χ4v) is 2.47. The lowest BCUT2D eigenvalue weighted by Crippen LogP contribution is -2.25. The number of fused-ring (bicyclic) bond motifs is 1. The Morgan fingerprint density at radius 2 is 2.04 bits per heavy atom. The monoisotopic (exact) mass is 324 g/mol. The molecular formula is C17H16N4O3. The standard InChI is InChI=1S/C17H16N4O3/c1-12-3-2-10-20-11-14(19-16(12)20)8-9-18-17(22)13-4-6-15(7-5-13)21(23)24/h2-7,10-11H,8-9H2,1H3,(H,18,22). The van der Waals surface area contributed by atoms with Crippen LogP contribution in [0.1, 0.15) is 21.6 Å². The fraction of sp³-hybridized carbons (Fsp3) is 0.176. The van der Waals surface area contributed by atoms with Gasteiger partial charge in [0.2, 0.25) is 0 Å². The fourth-order valence-electron chi connectivity index (χ4n) is 2.47. The number of nitrogens with one attached hydrogen (secondary N) is 1. The van der Waals surface area contributed by atoms with Crippen LogP contribution < -0.4 is 5.32 Å². The number of nitro groups is 1. The van der Waals surface area contributed by atoms with Crippen molar-refractivity contribution in [2.24, 2.45) is 0 Å². The molecule has 0 spiro atoms. The summed E-state index contributed by atoms with van der Waals surface area (Å²) in [6, 6.07) is 9.50. The molecule has 0 aliphatic heterocycles. The minimum Gasteiger partial charge on any atom is -0.352 e. The van der Waals surface area contributed by atoms with E-state index in [2.05, 4.69) is 10.3 Å². The van der Waals surface area contributed by atoms with Gasteiger partial charge < -0.3 is 9.72 Å². The predicted molar refractivity (Wildman–Crippen MR) is 89.1 cm³/mol. The van der Waals surface area contributed by atoms with Crippen LogP contribution in [0.15, 0.2) is 48.8 Å². The summed E-state index contributed by atoms with van der Waals surface area (Å²) >= 11 is 0. The van der Waals surface area contributed by atoms with Crippen molar-refractivity contribution in [1.82, 2.24) is 14.7 Å². The van der Waals surface area contributed by atoms with Crippen molar-refractivity contribution < 1.29 is 9.72 Å². The van der Waals surface area contributed by atoms with E-state index in [1.54, 1.807) is 0 Å². The summed E-state index contributed by atoms with van der Waals surface area (Å²) in [6.07, 6.45) is 4.49. The van der Waals surface area contributed by atoms with Crippen LogP contribution in [-0.4, -0.2) is 26.8 Å². The minimum absolute atomic E-state index is 0.0355. The Morgan fingerprint density at radius 3 is 2.71 bits per heavy atom. The maximum absolute atomic E-state index is 12.0. The molecule has 0 saturated heterocycles. The number of nitro benzene ring substituents is 1. The molecule has 0 radical (unpaired) electrons. The summed E-state index contributed by atoms with van der Waals surface area (Å²) in [7, 11) is 0. The number of amides is 1. The van der Waals surface area contributed by atoms with Crippen LogP contribution >= 0.6 is 0 Å². The molecule has 3 rings (SSSR count). The Bertz CT molecular complexity index is 900. The van der Waals surface area contributed by atoms with Gasteiger partial charge in [-0.25, -0.2) is 4.98 Å². The molecule has 0 atom stereocenters. The predicted octanol–water partition coefficient (Wildman–Crippen LogP) is 2.52. The number of aryl methyl sites for hydroxylation is 1. The maximum Gasteiger partial charge on any atom is 0.269 e. The van der Waals surface area contributed by atoms with Gasteiger partial charge in [-0.3, -0.25) is 14.9 Å². The largest absolute Gasteiger partial charge is 0.352 e. The lowest BCUT2D eigenvalue weighted by atomic mass is 10.2. The summed E-state index contributed by atoms with van der Waals surface area (Å²) in [5.74, 6) is -0.259. The first-order chi connectivity index (χ1) is 11.5. The molecule has 1 N–H and O–H groups in total. The Morgan fingerprint density at radius 1 is 1.29 bits per heavy atom. The van der Waals surface area contributed by atoms with E-state index in [0.29, 0.717) is 18.5 Å². The minimum atomic E-state index is -0.493. The van der Waals surface area contributed by atoms with Gasteiger partial charge in [0.15, 0.2) is 0 Å². The zero-order valence-electron chi connectivity index (χ0n) is 13.1. The highest BCUT2D eigenvalue weighted by Crippen LogP contribution is 2.12. The number of carbonyl (C=O) groups excluding carboxylic acids is 1. The second kappa shape index (κ2) is 6.49. The first kappa shape index (κ1) is 15.7. The summed E-state index contributed by atoms with van der Waals surface area (Å²) in [6.45, 7) is 2.45. The molecule has 3 aromatic rings. The molecule has 0 unspecified atom stereocenters. The number of aromatic nitrogens is 2. The molecule has 122 valence electrons. The SMILES string of the molecule is Cc1cccn2cc(CCNC(=O)c3ccc([N+](=O)[O-])cc3)nc12. The molecule has 7 nitrogen and oxygen atoms in total. The quantitative estimate of drug-likeness (QED) is 0.577. The third kappa shape index (κ3) is 3.24. The van der Waals surface area contributed by atoms with E-state index >= 15 is 0 Å². The number of non-ortho nitro benzene ring substituents is 1. The van der Waals surface area contributed by atoms with E-state index in [1.165, 1.54) is 24.3 Å². The molecule has 0 aliphatic carbocycles. The molecule has 7 heteroatoms. The van der Waals surface area contributed by atoms with Crippen LogP contribution in [0.2, 0.25) is 0 Å². The molecule has 0 bridgehead atoms. The molecule has 0 saturated carbocycles. The number of nitrogens with zero attached hydrogens (tertiary/aromatic N) is 3. The smallest absolute Gasteiger partial charge is 0.269 e. The summed E-state index contributed by atoms with van der Waals surface area (Å²) in [5, 5.41) is 13.4. The Balaban J connectivity index is 1.59. The number of imidazole rings is 1. The number of rotatable bonds is 5. The molecule has 0 fully saturated rings. The average molecular weight is 324 g/mol. The lowest BCUT2D eigenvalue weighted by Gasteiger charge is -2.03. The van der Waals surface area contributed by atoms with Crippen LogP contribution in [0.3, 0.4) is 0 Å². The van der Waals surface area contributed by atoms with Gasteiger partial charge >= 0.3 is 0 Å². The molecule has 1 aromatic carbocycles. The third-order valence-electron chi connectivity index (χ3n) is 3.73. The highest BCUT2D eigenvalue weighted by Gasteiger charge is 2.09. The van der Waals surface area contributed by atoms with Crippen LogP contribution in [-0.2, 0) is 6.42 Å². The van der Waals surface area contributed by atoms with Crippen molar-refractivity contribution in [1.29, 1.82) is 0 Å². The van der Waals surface area contributed by atoms with Gasteiger partial charge in [0.1, 0.15) is 5.65 Å². The Kier molecular flexibility index (Phi) is 4.24. The van der Waals surface area contributed by atoms with E-state index in [9.17, 15) is 14.9 Å². The number of hydrogen-bond acceptors (Lipinski definition) is 4. The van der Waals surface area contributed by atoms with Crippen LogP contribution in [0.25, 0.3) is 5.65 Å². The van der Waals surface area contributed by atoms with Crippen LogP contribution in [0.5, 0.6) is 0 Å². The zero-order chi connectivity index (χ0) is 17.1. The van der Waals surface area contributed by atoms with E-state index in [0.717, 1.165) is 16.9 Å². The van der Waals surface area contributed by atoms with Crippen LogP contribution in [0.4, 0.5) is 5.69 Å². The van der Waals surface area contributed by atoms with E-state index in [4.69, 9.17) is 0 Å². The normalized spacial score (nSPS) is 10.7. The van der Waals surface area contributed by atoms with Crippen molar-refractivity contribution in [3.63, 3.8) is 0 Å². The van der Waals surface area contributed by atoms with Gasteiger partial charge in [-0.15, -0.1) is 0 Å². The molecule has 24 heavy (non-hydrogen) atoms. The topological polar surface area (TPSA) is 89.5 Å². The van der Waals surface area contributed by atoms with E-state index in [-0.39, 0.29) is 11.6 Å². The third-order valence-corrected chi connectivity index (χ3v) is 3.73. The Hall–Kier alpha value is -3.22. The highest BCUT2D eigenvalue weighted by atomic mass is 16.6. The van der Waals surface area contributed by atoms with E-state index in [1.807, 2.05) is 35.9 Å². The molecule has 1 amide bonds. The highest BCUT2D eigenvalue weighted by molar-refractivity contribution is 5.94. The molecular weight excluding hydrogens is 308 g/mol. The van der Waals surface area contributed by atoms with Crippen LogP contribution in [0, 0.1) is 17.0 Å². The molecule has 2 aromatic heterocycles. The summed E-state index contributed by atoms with van der Waals surface area (Å²) < 4.78 is 1.96. The van der Waals surface area contributed by atoms with Gasteiger partial charge in [0.25, 0.3) is 11.6 Å². The van der Waals surface area contributed by atoms with E-state index < -0.39 is 4.92 Å². The van der Waals surface area contributed by atoms with Gasteiger partial charge in [-0.1, -0.05) is 6.07 Å². The van der Waals surface area contributed by atoms with Crippen molar-refractivity contribution in [2.45, 2.75) is 13.3 Å².